The minimum absolute atomic E-state index is 0.142. The quantitative estimate of drug-likeness (QED) is 0.664. The molecule has 0 radical (unpaired) electrons. The number of carbonyl (C=O) groups is 1. The molecule has 3 rings (SSSR count). The normalized spacial score (nSPS) is 17.1. The van der Waals surface area contributed by atoms with Crippen molar-refractivity contribution in [3.05, 3.63) is 60.2 Å². The fraction of sp³-hybridized carbons (Fsp3) is 0.435. The van der Waals surface area contributed by atoms with Crippen molar-refractivity contribution in [3.63, 3.8) is 0 Å². The van der Waals surface area contributed by atoms with Crippen LogP contribution in [0.2, 0.25) is 0 Å². The van der Waals surface area contributed by atoms with Crippen molar-refractivity contribution in [3.8, 4) is 5.75 Å². The van der Waals surface area contributed by atoms with Gasteiger partial charge in [-0.25, -0.2) is 13.1 Å². The number of rotatable bonds is 8. The standard InChI is InChI=1S/C23H30N2O4S/c1-17(19-9-5-3-6-10-19)25-30(27,28)22-15-13-21(14-16-22)29-18(2)23(26)24-20-11-7-4-8-12-20/h3,5-6,9-10,13-18,20,25H,4,7-8,11-12H2,1-2H3,(H,24,26)/t17-,18-/m1/s1. The number of nitrogens with one attached hydrogen (secondary N) is 2. The van der Waals surface area contributed by atoms with Crippen LogP contribution in [0, 0.1) is 0 Å². The average Bonchev–Trinajstić information content (AvgIpc) is 2.75. The second kappa shape index (κ2) is 10.1. The molecule has 1 aliphatic carbocycles. The molecule has 0 saturated heterocycles. The van der Waals surface area contributed by atoms with E-state index in [4.69, 9.17) is 4.74 Å². The number of hydrogen-bond donors (Lipinski definition) is 2. The molecule has 1 aliphatic rings. The highest BCUT2D eigenvalue weighted by Gasteiger charge is 2.22. The molecule has 0 unspecified atom stereocenters. The predicted molar refractivity (Wildman–Crippen MR) is 117 cm³/mol. The summed E-state index contributed by atoms with van der Waals surface area (Å²) in [6.07, 6.45) is 4.90. The first-order chi connectivity index (χ1) is 14.3. The van der Waals surface area contributed by atoms with Crippen LogP contribution in [-0.2, 0) is 14.8 Å². The third-order valence-electron chi connectivity index (χ3n) is 5.40. The Morgan fingerprint density at radius 2 is 1.60 bits per heavy atom. The minimum atomic E-state index is -3.67. The highest BCUT2D eigenvalue weighted by atomic mass is 32.2. The summed E-state index contributed by atoms with van der Waals surface area (Å²) in [5.74, 6) is 0.313. The summed E-state index contributed by atoms with van der Waals surface area (Å²) in [5, 5.41) is 3.04. The van der Waals surface area contributed by atoms with Gasteiger partial charge in [0, 0.05) is 12.1 Å². The van der Waals surface area contributed by atoms with Gasteiger partial charge in [-0.05, 0) is 56.5 Å². The van der Waals surface area contributed by atoms with Crippen LogP contribution >= 0.6 is 0 Å². The Morgan fingerprint density at radius 1 is 0.967 bits per heavy atom. The van der Waals surface area contributed by atoms with E-state index in [1.165, 1.54) is 18.6 Å². The molecule has 2 atom stereocenters. The molecule has 0 spiro atoms. The van der Waals surface area contributed by atoms with E-state index in [1.807, 2.05) is 30.3 Å². The van der Waals surface area contributed by atoms with Crippen molar-refractivity contribution >= 4 is 15.9 Å². The fourth-order valence-corrected chi connectivity index (χ4v) is 4.86. The molecule has 0 bridgehead atoms. The molecule has 2 N–H and O–H groups in total. The number of ether oxygens (including phenoxy) is 1. The highest BCUT2D eigenvalue weighted by Crippen LogP contribution is 2.21. The molecule has 0 heterocycles. The Kier molecular flexibility index (Phi) is 7.50. The van der Waals surface area contributed by atoms with Crippen molar-refractivity contribution in [2.75, 3.05) is 0 Å². The number of amides is 1. The molecule has 0 aliphatic heterocycles. The third-order valence-corrected chi connectivity index (χ3v) is 6.96. The zero-order chi connectivity index (χ0) is 21.6. The lowest BCUT2D eigenvalue weighted by Crippen LogP contribution is -2.43. The molecule has 1 amide bonds. The molecule has 2 aromatic rings. The van der Waals surface area contributed by atoms with E-state index in [-0.39, 0.29) is 22.9 Å². The fourth-order valence-electron chi connectivity index (χ4n) is 3.63. The van der Waals surface area contributed by atoms with Crippen LogP contribution in [0.5, 0.6) is 5.75 Å². The van der Waals surface area contributed by atoms with Gasteiger partial charge in [0.1, 0.15) is 5.75 Å². The SMILES string of the molecule is C[C@@H](Oc1ccc(S(=O)(=O)N[C@H](C)c2ccccc2)cc1)C(=O)NC1CCCCC1. The maximum Gasteiger partial charge on any atom is 0.260 e. The molecule has 30 heavy (non-hydrogen) atoms. The monoisotopic (exact) mass is 430 g/mol. The molecular weight excluding hydrogens is 400 g/mol. The molecule has 2 aromatic carbocycles. The number of benzene rings is 2. The van der Waals surface area contributed by atoms with Gasteiger partial charge in [-0.3, -0.25) is 4.79 Å². The molecule has 0 aromatic heterocycles. The summed E-state index contributed by atoms with van der Waals surface area (Å²) in [6, 6.07) is 15.4. The van der Waals surface area contributed by atoms with E-state index >= 15 is 0 Å². The lowest BCUT2D eigenvalue weighted by Gasteiger charge is -2.24. The Bertz CT molecular complexity index is 923. The smallest absolute Gasteiger partial charge is 0.260 e. The van der Waals surface area contributed by atoms with Gasteiger partial charge in [0.25, 0.3) is 5.91 Å². The van der Waals surface area contributed by atoms with Crippen molar-refractivity contribution in [2.24, 2.45) is 0 Å². The minimum Gasteiger partial charge on any atom is -0.481 e. The summed E-state index contributed by atoms with van der Waals surface area (Å²) >= 11 is 0. The van der Waals surface area contributed by atoms with Gasteiger partial charge < -0.3 is 10.1 Å². The molecule has 1 fully saturated rings. The van der Waals surface area contributed by atoms with E-state index in [2.05, 4.69) is 10.0 Å². The van der Waals surface area contributed by atoms with Gasteiger partial charge in [-0.1, -0.05) is 49.6 Å². The van der Waals surface area contributed by atoms with Crippen LogP contribution in [0.4, 0.5) is 0 Å². The van der Waals surface area contributed by atoms with E-state index in [9.17, 15) is 13.2 Å². The van der Waals surface area contributed by atoms with E-state index in [0.717, 1.165) is 31.2 Å². The van der Waals surface area contributed by atoms with Gasteiger partial charge in [-0.2, -0.15) is 0 Å². The first kappa shape index (κ1) is 22.3. The van der Waals surface area contributed by atoms with Gasteiger partial charge in [0.15, 0.2) is 6.10 Å². The van der Waals surface area contributed by atoms with Crippen molar-refractivity contribution < 1.29 is 17.9 Å². The van der Waals surface area contributed by atoms with Crippen LogP contribution in [0.1, 0.15) is 57.6 Å². The number of sulfonamides is 1. The number of carbonyl (C=O) groups excluding carboxylic acids is 1. The van der Waals surface area contributed by atoms with E-state index in [1.54, 1.807) is 26.0 Å². The van der Waals surface area contributed by atoms with Gasteiger partial charge in [-0.15, -0.1) is 0 Å². The lowest BCUT2D eigenvalue weighted by atomic mass is 9.95. The Balaban J connectivity index is 1.57. The Labute approximate surface area is 179 Å². The van der Waals surface area contributed by atoms with Gasteiger partial charge >= 0.3 is 0 Å². The van der Waals surface area contributed by atoms with E-state index in [0.29, 0.717) is 5.75 Å². The summed E-state index contributed by atoms with van der Waals surface area (Å²) < 4.78 is 33.7. The molecule has 7 heteroatoms. The van der Waals surface area contributed by atoms with Crippen LogP contribution in [-0.4, -0.2) is 26.5 Å². The van der Waals surface area contributed by atoms with Gasteiger partial charge in [0.2, 0.25) is 10.0 Å². The van der Waals surface area contributed by atoms with Crippen LogP contribution in [0.25, 0.3) is 0 Å². The largest absolute Gasteiger partial charge is 0.481 e. The van der Waals surface area contributed by atoms with Crippen LogP contribution < -0.4 is 14.8 Å². The van der Waals surface area contributed by atoms with Crippen LogP contribution in [0.3, 0.4) is 0 Å². The Morgan fingerprint density at radius 3 is 2.23 bits per heavy atom. The lowest BCUT2D eigenvalue weighted by molar-refractivity contribution is -0.128. The summed E-state index contributed by atoms with van der Waals surface area (Å²) in [6.45, 7) is 3.50. The second-order valence-electron chi connectivity index (χ2n) is 7.83. The highest BCUT2D eigenvalue weighted by molar-refractivity contribution is 7.89. The zero-order valence-corrected chi connectivity index (χ0v) is 18.3. The number of hydrogen-bond acceptors (Lipinski definition) is 4. The zero-order valence-electron chi connectivity index (χ0n) is 17.5. The first-order valence-electron chi connectivity index (χ1n) is 10.5. The molecular formula is C23H30N2O4S. The van der Waals surface area contributed by atoms with Crippen molar-refractivity contribution in [1.82, 2.24) is 10.0 Å². The molecule has 1 saturated carbocycles. The summed E-state index contributed by atoms with van der Waals surface area (Å²) in [4.78, 5) is 12.5. The first-order valence-corrected chi connectivity index (χ1v) is 12.0. The summed E-state index contributed by atoms with van der Waals surface area (Å²) in [7, 11) is -3.67. The summed E-state index contributed by atoms with van der Waals surface area (Å²) in [5.41, 5.74) is 0.888. The maximum atomic E-state index is 12.7. The van der Waals surface area contributed by atoms with Crippen molar-refractivity contribution in [2.45, 2.75) is 69.0 Å². The topological polar surface area (TPSA) is 84.5 Å². The Hall–Kier alpha value is -2.38. The predicted octanol–water partition coefficient (Wildman–Crippen LogP) is 3.94. The van der Waals surface area contributed by atoms with Crippen molar-refractivity contribution in [1.29, 1.82) is 0 Å². The molecule has 162 valence electrons. The van der Waals surface area contributed by atoms with Gasteiger partial charge in [0.05, 0.1) is 4.90 Å². The third kappa shape index (κ3) is 6.06. The molecule has 6 nitrogen and oxygen atoms in total. The van der Waals surface area contributed by atoms with Crippen LogP contribution in [0.15, 0.2) is 59.5 Å². The second-order valence-corrected chi connectivity index (χ2v) is 9.54. The van der Waals surface area contributed by atoms with E-state index < -0.39 is 16.1 Å². The average molecular weight is 431 g/mol. The maximum absolute atomic E-state index is 12.7.